The van der Waals surface area contributed by atoms with Crippen LogP contribution < -0.4 is 5.32 Å². The molecule has 1 N–H and O–H groups in total. The third-order valence-corrected chi connectivity index (χ3v) is 3.09. The largest absolute Gasteiger partial charge is 0.330 e. The van der Waals surface area contributed by atoms with Gasteiger partial charge in [0.2, 0.25) is 11.8 Å². The number of rotatable bonds is 4. The van der Waals surface area contributed by atoms with Gasteiger partial charge in [-0.05, 0) is 18.4 Å². The molecular formula is C14H16N2O3. The van der Waals surface area contributed by atoms with Crippen LogP contribution in [-0.2, 0) is 16.0 Å². The number of nitrogens with zero attached hydrogens (tertiary/aromatic N) is 1. The fourth-order valence-electron chi connectivity index (χ4n) is 2.13. The molecule has 2 rings (SSSR count). The number of carbonyl (C=O) groups excluding carboxylic acids is 3. The summed E-state index contributed by atoms with van der Waals surface area (Å²) >= 11 is 0. The van der Waals surface area contributed by atoms with E-state index >= 15 is 0 Å². The van der Waals surface area contributed by atoms with Crippen molar-refractivity contribution in [2.45, 2.75) is 19.8 Å². The molecule has 0 spiro atoms. The molecule has 0 radical (unpaired) electrons. The van der Waals surface area contributed by atoms with Crippen LogP contribution in [0.5, 0.6) is 0 Å². The SMILES string of the molecule is CCCN1C(=O)NC(=O)C(Cc2ccccc2)C1=O. The molecule has 1 atom stereocenters. The average molecular weight is 260 g/mol. The minimum atomic E-state index is -0.813. The van der Waals surface area contributed by atoms with E-state index in [1.807, 2.05) is 37.3 Å². The zero-order valence-electron chi connectivity index (χ0n) is 10.8. The van der Waals surface area contributed by atoms with Crippen molar-refractivity contribution in [2.24, 2.45) is 5.92 Å². The second-order valence-electron chi connectivity index (χ2n) is 4.53. The van der Waals surface area contributed by atoms with Crippen LogP contribution in [0.3, 0.4) is 0 Å². The number of nitrogens with one attached hydrogen (secondary N) is 1. The highest BCUT2D eigenvalue weighted by molar-refractivity contribution is 6.16. The zero-order valence-corrected chi connectivity index (χ0v) is 10.8. The second-order valence-corrected chi connectivity index (χ2v) is 4.53. The molecule has 0 aromatic heterocycles. The van der Waals surface area contributed by atoms with Gasteiger partial charge in [-0.2, -0.15) is 0 Å². The molecule has 1 aliphatic rings. The highest BCUT2D eigenvalue weighted by Gasteiger charge is 2.39. The van der Waals surface area contributed by atoms with E-state index in [-0.39, 0.29) is 0 Å². The van der Waals surface area contributed by atoms with Crippen LogP contribution in [-0.4, -0.2) is 29.3 Å². The lowest BCUT2D eigenvalue weighted by molar-refractivity contribution is -0.142. The number of urea groups is 1. The smallest absolute Gasteiger partial charge is 0.277 e. The van der Waals surface area contributed by atoms with Crippen molar-refractivity contribution in [3.8, 4) is 0 Å². The molecule has 4 amide bonds. The zero-order chi connectivity index (χ0) is 13.8. The van der Waals surface area contributed by atoms with Crippen LogP contribution in [0.25, 0.3) is 0 Å². The predicted octanol–water partition coefficient (Wildman–Crippen LogP) is 1.33. The van der Waals surface area contributed by atoms with Crippen molar-refractivity contribution in [2.75, 3.05) is 6.54 Å². The Labute approximate surface area is 111 Å². The van der Waals surface area contributed by atoms with E-state index in [0.717, 1.165) is 10.5 Å². The third kappa shape index (κ3) is 2.81. The highest BCUT2D eigenvalue weighted by Crippen LogP contribution is 2.16. The van der Waals surface area contributed by atoms with Gasteiger partial charge >= 0.3 is 6.03 Å². The van der Waals surface area contributed by atoms with Gasteiger partial charge in [-0.3, -0.25) is 19.8 Å². The number of carbonyl (C=O) groups is 3. The number of amides is 4. The average Bonchev–Trinajstić information content (AvgIpc) is 2.41. The molecule has 5 nitrogen and oxygen atoms in total. The number of hydrogen-bond acceptors (Lipinski definition) is 3. The lowest BCUT2D eigenvalue weighted by atomic mass is 9.95. The van der Waals surface area contributed by atoms with Crippen LogP contribution in [0.2, 0.25) is 0 Å². The Morgan fingerprint density at radius 3 is 2.47 bits per heavy atom. The predicted molar refractivity (Wildman–Crippen MR) is 69.2 cm³/mol. The minimum Gasteiger partial charge on any atom is -0.277 e. The van der Waals surface area contributed by atoms with E-state index in [1.54, 1.807) is 0 Å². The Morgan fingerprint density at radius 2 is 1.84 bits per heavy atom. The van der Waals surface area contributed by atoms with E-state index in [2.05, 4.69) is 5.32 Å². The van der Waals surface area contributed by atoms with Crippen LogP contribution in [0.1, 0.15) is 18.9 Å². The molecule has 1 aromatic carbocycles. The summed E-state index contributed by atoms with van der Waals surface area (Å²) in [4.78, 5) is 36.7. The summed E-state index contributed by atoms with van der Waals surface area (Å²) in [5.41, 5.74) is 0.904. The second kappa shape index (κ2) is 5.65. The highest BCUT2D eigenvalue weighted by atomic mass is 16.2. The standard InChI is InChI=1S/C14H16N2O3/c1-2-8-16-13(18)11(12(17)15-14(16)19)9-10-6-4-3-5-7-10/h3-7,11H,2,8-9H2,1H3,(H,15,17,19). The van der Waals surface area contributed by atoms with Crippen molar-refractivity contribution in [1.82, 2.24) is 10.2 Å². The van der Waals surface area contributed by atoms with E-state index in [1.165, 1.54) is 0 Å². The van der Waals surface area contributed by atoms with Gasteiger partial charge in [0.25, 0.3) is 0 Å². The van der Waals surface area contributed by atoms with Gasteiger partial charge in [-0.15, -0.1) is 0 Å². The van der Waals surface area contributed by atoms with Gasteiger partial charge < -0.3 is 0 Å². The molecule has 0 saturated carbocycles. The summed E-state index contributed by atoms with van der Waals surface area (Å²) in [5, 5.41) is 2.24. The topological polar surface area (TPSA) is 66.5 Å². The Bertz CT molecular complexity index is 499. The first-order valence-corrected chi connectivity index (χ1v) is 6.33. The quantitative estimate of drug-likeness (QED) is 0.831. The summed E-state index contributed by atoms with van der Waals surface area (Å²) in [7, 11) is 0. The molecule has 1 aromatic rings. The van der Waals surface area contributed by atoms with Gasteiger partial charge in [0, 0.05) is 6.54 Å². The summed E-state index contributed by atoms with van der Waals surface area (Å²) in [5.74, 6) is -1.72. The Hall–Kier alpha value is -2.17. The van der Waals surface area contributed by atoms with Gasteiger partial charge in [0.15, 0.2) is 0 Å². The van der Waals surface area contributed by atoms with Gasteiger partial charge in [-0.1, -0.05) is 37.3 Å². The lowest BCUT2D eigenvalue weighted by Gasteiger charge is -2.29. The van der Waals surface area contributed by atoms with E-state index in [0.29, 0.717) is 19.4 Å². The van der Waals surface area contributed by atoms with E-state index in [9.17, 15) is 14.4 Å². The van der Waals surface area contributed by atoms with Crippen molar-refractivity contribution >= 4 is 17.8 Å². The van der Waals surface area contributed by atoms with Crippen LogP contribution in [0.15, 0.2) is 30.3 Å². The Balaban J connectivity index is 2.17. The number of imide groups is 2. The maximum Gasteiger partial charge on any atom is 0.330 e. The maximum absolute atomic E-state index is 12.2. The van der Waals surface area contributed by atoms with E-state index < -0.39 is 23.8 Å². The monoisotopic (exact) mass is 260 g/mol. The summed E-state index contributed by atoms with van der Waals surface area (Å²) in [6.45, 7) is 2.21. The summed E-state index contributed by atoms with van der Waals surface area (Å²) in [6, 6.07) is 8.70. The fourth-order valence-corrected chi connectivity index (χ4v) is 2.13. The molecule has 0 aliphatic carbocycles. The molecule has 1 heterocycles. The maximum atomic E-state index is 12.2. The molecule has 1 fully saturated rings. The summed E-state index contributed by atoms with van der Waals surface area (Å²) in [6.07, 6.45) is 0.990. The fraction of sp³-hybridized carbons (Fsp3) is 0.357. The van der Waals surface area contributed by atoms with Crippen LogP contribution in [0.4, 0.5) is 4.79 Å². The van der Waals surface area contributed by atoms with Crippen molar-refractivity contribution in [1.29, 1.82) is 0 Å². The first-order chi connectivity index (χ1) is 9.13. The molecule has 1 saturated heterocycles. The van der Waals surface area contributed by atoms with Crippen LogP contribution >= 0.6 is 0 Å². The molecule has 5 heteroatoms. The van der Waals surface area contributed by atoms with Crippen LogP contribution in [0, 0.1) is 5.92 Å². The van der Waals surface area contributed by atoms with Crippen molar-refractivity contribution in [3.63, 3.8) is 0 Å². The molecule has 1 aliphatic heterocycles. The van der Waals surface area contributed by atoms with E-state index in [4.69, 9.17) is 0 Å². The normalized spacial score (nSPS) is 19.5. The van der Waals surface area contributed by atoms with Gasteiger partial charge in [0.05, 0.1) is 0 Å². The minimum absolute atomic E-state index is 0.318. The van der Waals surface area contributed by atoms with Crippen molar-refractivity contribution in [3.05, 3.63) is 35.9 Å². The molecule has 0 bridgehead atoms. The number of benzene rings is 1. The number of hydrogen-bond donors (Lipinski definition) is 1. The molecule has 1 unspecified atom stereocenters. The van der Waals surface area contributed by atoms with Crippen molar-refractivity contribution < 1.29 is 14.4 Å². The first kappa shape index (κ1) is 13.3. The molecule has 100 valence electrons. The van der Waals surface area contributed by atoms with Gasteiger partial charge in [-0.25, -0.2) is 4.79 Å². The Morgan fingerprint density at radius 1 is 1.16 bits per heavy atom. The molecular weight excluding hydrogens is 244 g/mol. The van der Waals surface area contributed by atoms with Gasteiger partial charge in [0.1, 0.15) is 5.92 Å². The molecule has 19 heavy (non-hydrogen) atoms. The number of barbiturate groups is 1. The summed E-state index contributed by atoms with van der Waals surface area (Å²) < 4.78 is 0. The first-order valence-electron chi connectivity index (χ1n) is 6.33. The third-order valence-electron chi connectivity index (χ3n) is 3.09. The lowest BCUT2D eigenvalue weighted by Crippen LogP contribution is -2.58. The Kier molecular flexibility index (Phi) is 3.94.